The van der Waals surface area contributed by atoms with Crippen LogP contribution in [0.25, 0.3) is 0 Å². The van der Waals surface area contributed by atoms with E-state index in [2.05, 4.69) is 50.5 Å². The second-order valence-electron chi connectivity index (χ2n) is 7.99. The molecule has 2 rings (SSSR count). The van der Waals surface area contributed by atoms with E-state index in [-0.39, 0.29) is 36.7 Å². The van der Waals surface area contributed by atoms with Crippen molar-refractivity contribution in [2.24, 2.45) is 16.8 Å². The molecule has 6 nitrogen and oxygen atoms in total. The van der Waals surface area contributed by atoms with Crippen LogP contribution in [0.15, 0.2) is 17.1 Å². The van der Waals surface area contributed by atoms with Gasteiger partial charge in [0.15, 0.2) is 5.96 Å². The highest BCUT2D eigenvalue weighted by Crippen LogP contribution is 2.35. The maximum absolute atomic E-state index is 9.32. The van der Waals surface area contributed by atoms with Gasteiger partial charge in [0.05, 0.1) is 13.7 Å². The Bertz CT molecular complexity index is 652. The molecule has 2 unspecified atom stereocenters. The van der Waals surface area contributed by atoms with Gasteiger partial charge in [-0.3, -0.25) is 0 Å². The molecule has 0 saturated heterocycles. The lowest BCUT2D eigenvalue weighted by Gasteiger charge is -2.20. The lowest BCUT2D eigenvalue weighted by atomic mass is 9.94. The van der Waals surface area contributed by atoms with Gasteiger partial charge in [-0.2, -0.15) is 0 Å². The summed E-state index contributed by atoms with van der Waals surface area (Å²) >= 11 is 0. The van der Waals surface area contributed by atoms with E-state index in [4.69, 9.17) is 14.5 Å². The number of hydrogen-bond donors (Lipinski definition) is 3. The minimum absolute atomic E-state index is 0. The molecule has 7 heteroatoms. The minimum Gasteiger partial charge on any atom is -0.496 e. The minimum atomic E-state index is 0. The van der Waals surface area contributed by atoms with E-state index >= 15 is 0 Å². The van der Waals surface area contributed by atoms with Gasteiger partial charge in [-0.05, 0) is 50.7 Å². The van der Waals surface area contributed by atoms with Gasteiger partial charge < -0.3 is 25.2 Å². The largest absolute Gasteiger partial charge is 0.496 e. The first-order valence-corrected chi connectivity index (χ1v) is 10.5. The number of aliphatic imine (C=N–C) groups is 1. The standard InChI is InChI=1S/C22H37N3O3.HI/c1-6-23-22(24-13-17(7-8-26)9-15(2)3)25-14-19-12-21-18(10-16(4)28-21)11-20(19)27-5;/h11-12,15-17,26H,6-10,13-14H2,1-5H3,(H2,23,24,25);1H. The molecule has 0 radical (unpaired) electrons. The lowest BCUT2D eigenvalue weighted by molar-refractivity contribution is 0.243. The molecule has 1 aliphatic rings. The van der Waals surface area contributed by atoms with Gasteiger partial charge in [0.2, 0.25) is 0 Å². The number of rotatable bonds is 10. The van der Waals surface area contributed by atoms with E-state index in [1.54, 1.807) is 7.11 Å². The molecule has 166 valence electrons. The second-order valence-corrected chi connectivity index (χ2v) is 7.99. The second kappa shape index (κ2) is 13.2. The quantitative estimate of drug-likeness (QED) is 0.250. The molecule has 0 fully saturated rings. The van der Waals surface area contributed by atoms with Crippen molar-refractivity contribution < 1.29 is 14.6 Å². The van der Waals surface area contributed by atoms with Crippen molar-refractivity contribution >= 4 is 29.9 Å². The zero-order valence-corrected chi connectivity index (χ0v) is 20.8. The number of ether oxygens (including phenoxy) is 2. The third-order valence-corrected chi connectivity index (χ3v) is 4.95. The van der Waals surface area contributed by atoms with Crippen molar-refractivity contribution in [3.8, 4) is 11.5 Å². The van der Waals surface area contributed by atoms with Crippen molar-refractivity contribution in [3.63, 3.8) is 0 Å². The summed E-state index contributed by atoms with van der Waals surface area (Å²) in [6, 6.07) is 4.13. The number of nitrogens with zero attached hydrogens (tertiary/aromatic N) is 1. The van der Waals surface area contributed by atoms with Crippen LogP contribution < -0.4 is 20.1 Å². The Morgan fingerprint density at radius 3 is 2.72 bits per heavy atom. The molecule has 1 aromatic carbocycles. The fourth-order valence-electron chi connectivity index (χ4n) is 3.69. The SMILES string of the molecule is CCNC(=NCc1cc2c(cc1OC)CC(C)O2)NCC(CCO)CC(C)C.I. The number of nitrogens with one attached hydrogen (secondary N) is 2. The molecule has 1 aliphatic heterocycles. The lowest BCUT2D eigenvalue weighted by Crippen LogP contribution is -2.40. The number of benzene rings is 1. The van der Waals surface area contributed by atoms with Crippen LogP contribution in [0.5, 0.6) is 11.5 Å². The van der Waals surface area contributed by atoms with Crippen LogP contribution >= 0.6 is 24.0 Å². The van der Waals surface area contributed by atoms with Crippen molar-refractivity contribution in [1.29, 1.82) is 0 Å². The number of fused-ring (bicyclic) bond motifs is 1. The van der Waals surface area contributed by atoms with E-state index in [1.807, 2.05) is 0 Å². The number of guanidine groups is 1. The summed E-state index contributed by atoms with van der Waals surface area (Å²) in [7, 11) is 1.70. The first-order valence-electron chi connectivity index (χ1n) is 10.5. The predicted molar refractivity (Wildman–Crippen MR) is 130 cm³/mol. The monoisotopic (exact) mass is 519 g/mol. The van der Waals surface area contributed by atoms with Crippen molar-refractivity contribution in [1.82, 2.24) is 10.6 Å². The van der Waals surface area contributed by atoms with E-state index < -0.39 is 0 Å². The van der Waals surface area contributed by atoms with E-state index in [0.29, 0.717) is 18.4 Å². The van der Waals surface area contributed by atoms with E-state index in [0.717, 1.165) is 55.4 Å². The van der Waals surface area contributed by atoms with Crippen molar-refractivity contribution in [2.45, 2.75) is 59.6 Å². The molecule has 0 aliphatic carbocycles. The Morgan fingerprint density at radius 1 is 1.34 bits per heavy atom. The maximum Gasteiger partial charge on any atom is 0.191 e. The Kier molecular flexibility index (Phi) is 11.7. The third kappa shape index (κ3) is 8.20. The topological polar surface area (TPSA) is 75.1 Å². The molecule has 0 amide bonds. The highest BCUT2D eigenvalue weighted by molar-refractivity contribution is 14.0. The van der Waals surface area contributed by atoms with Gasteiger partial charge in [0.25, 0.3) is 0 Å². The van der Waals surface area contributed by atoms with Crippen molar-refractivity contribution in [2.75, 3.05) is 26.8 Å². The number of aliphatic hydroxyl groups excluding tert-OH is 1. The fourth-order valence-corrected chi connectivity index (χ4v) is 3.69. The summed E-state index contributed by atoms with van der Waals surface area (Å²) in [6.07, 6.45) is 3.02. The molecule has 0 bridgehead atoms. The van der Waals surface area contributed by atoms with Crippen molar-refractivity contribution in [3.05, 3.63) is 23.3 Å². The zero-order valence-electron chi connectivity index (χ0n) is 18.5. The molecule has 0 aromatic heterocycles. The molecule has 1 heterocycles. The molecule has 29 heavy (non-hydrogen) atoms. The molecule has 1 aromatic rings. The molecule has 0 spiro atoms. The number of halogens is 1. The molecule has 0 saturated carbocycles. The fraction of sp³-hybridized carbons (Fsp3) is 0.682. The molecular formula is C22H38IN3O3. The number of methoxy groups -OCH3 is 1. The number of hydrogen-bond acceptors (Lipinski definition) is 4. The highest BCUT2D eigenvalue weighted by Gasteiger charge is 2.21. The van der Waals surface area contributed by atoms with Crippen LogP contribution in [-0.4, -0.2) is 44.0 Å². The average molecular weight is 519 g/mol. The van der Waals surface area contributed by atoms with Crippen LogP contribution in [-0.2, 0) is 13.0 Å². The zero-order chi connectivity index (χ0) is 20.5. The normalized spacial score (nSPS) is 16.7. The van der Waals surface area contributed by atoms with Gasteiger partial charge >= 0.3 is 0 Å². The summed E-state index contributed by atoms with van der Waals surface area (Å²) < 4.78 is 11.5. The van der Waals surface area contributed by atoms with Crippen LogP contribution in [0.4, 0.5) is 0 Å². The van der Waals surface area contributed by atoms with Gasteiger partial charge in [-0.15, -0.1) is 24.0 Å². The van der Waals surface area contributed by atoms with Gasteiger partial charge in [0, 0.05) is 37.2 Å². The van der Waals surface area contributed by atoms with Gasteiger partial charge in [-0.1, -0.05) is 13.8 Å². The van der Waals surface area contributed by atoms with Crippen LogP contribution in [0, 0.1) is 11.8 Å². The highest BCUT2D eigenvalue weighted by atomic mass is 127. The first-order chi connectivity index (χ1) is 13.5. The Labute approximate surface area is 192 Å². The van der Waals surface area contributed by atoms with Gasteiger partial charge in [0.1, 0.15) is 17.6 Å². The summed E-state index contributed by atoms with van der Waals surface area (Å²) in [4.78, 5) is 4.74. The predicted octanol–water partition coefficient (Wildman–Crippen LogP) is 3.74. The van der Waals surface area contributed by atoms with Crippen LogP contribution in [0.2, 0.25) is 0 Å². The Morgan fingerprint density at radius 2 is 2.10 bits per heavy atom. The molecular weight excluding hydrogens is 481 g/mol. The molecule has 3 N–H and O–H groups in total. The Hall–Kier alpha value is -1.22. The summed E-state index contributed by atoms with van der Waals surface area (Å²) in [6.45, 7) is 10.9. The summed E-state index contributed by atoms with van der Waals surface area (Å²) in [5.41, 5.74) is 2.21. The van der Waals surface area contributed by atoms with Crippen LogP contribution in [0.3, 0.4) is 0 Å². The van der Waals surface area contributed by atoms with Crippen LogP contribution in [0.1, 0.15) is 51.7 Å². The summed E-state index contributed by atoms with van der Waals surface area (Å²) in [5.74, 6) is 3.62. The first kappa shape index (κ1) is 25.8. The molecule has 2 atom stereocenters. The average Bonchev–Trinajstić information content (AvgIpc) is 3.01. The summed E-state index contributed by atoms with van der Waals surface area (Å²) in [5, 5.41) is 16.1. The Balaban J connectivity index is 0.00000420. The maximum atomic E-state index is 9.32. The van der Waals surface area contributed by atoms with E-state index in [9.17, 15) is 5.11 Å². The van der Waals surface area contributed by atoms with Gasteiger partial charge in [-0.25, -0.2) is 4.99 Å². The number of aliphatic hydroxyl groups is 1. The third-order valence-electron chi connectivity index (χ3n) is 4.95. The van der Waals surface area contributed by atoms with E-state index in [1.165, 1.54) is 5.56 Å². The smallest absolute Gasteiger partial charge is 0.191 e.